The lowest BCUT2D eigenvalue weighted by molar-refractivity contribution is 0.354. The third-order valence-electron chi connectivity index (χ3n) is 2.98. The molecular formula is C15H20N2O2S. The van der Waals surface area contributed by atoms with E-state index in [0.717, 1.165) is 41.7 Å². The van der Waals surface area contributed by atoms with Crippen molar-refractivity contribution in [3.63, 3.8) is 0 Å². The summed E-state index contributed by atoms with van der Waals surface area (Å²) < 4.78 is 10.5. The van der Waals surface area contributed by atoms with E-state index in [1.54, 1.807) is 25.6 Å². The summed E-state index contributed by atoms with van der Waals surface area (Å²) >= 11 is 1.70. The SMILES string of the molecule is COc1ccc(CCNCc2nc(C)cs2)cc1OC. The molecule has 0 bridgehead atoms. The van der Waals surface area contributed by atoms with E-state index < -0.39 is 0 Å². The molecule has 1 heterocycles. The van der Waals surface area contributed by atoms with Crippen LogP contribution in [0.5, 0.6) is 11.5 Å². The molecule has 2 rings (SSSR count). The molecule has 4 nitrogen and oxygen atoms in total. The van der Waals surface area contributed by atoms with Crippen molar-refractivity contribution >= 4 is 11.3 Å². The molecule has 5 heteroatoms. The lowest BCUT2D eigenvalue weighted by Gasteiger charge is -2.09. The zero-order chi connectivity index (χ0) is 14.4. The topological polar surface area (TPSA) is 43.4 Å². The quantitative estimate of drug-likeness (QED) is 0.797. The first-order valence-electron chi connectivity index (χ1n) is 6.55. The maximum Gasteiger partial charge on any atom is 0.160 e. The normalized spacial score (nSPS) is 10.6. The average molecular weight is 292 g/mol. The Bertz CT molecular complexity index is 555. The van der Waals surface area contributed by atoms with Crippen LogP contribution in [0.2, 0.25) is 0 Å². The minimum absolute atomic E-state index is 0.766. The van der Waals surface area contributed by atoms with Gasteiger partial charge in [0.1, 0.15) is 5.01 Å². The Hall–Kier alpha value is -1.59. The summed E-state index contributed by atoms with van der Waals surface area (Å²) in [5.74, 6) is 1.54. The molecule has 0 fully saturated rings. The van der Waals surface area contributed by atoms with E-state index in [9.17, 15) is 0 Å². The number of hydrogen-bond acceptors (Lipinski definition) is 5. The second-order valence-corrected chi connectivity index (χ2v) is 5.44. The summed E-state index contributed by atoms with van der Waals surface area (Å²) in [7, 11) is 3.31. The number of nitrogens with one attached hydrogen (secondary N) is 1. The van der Waals surface area contributed by atoms with Gasteiger partial charge in [0.25, 0.3) is 0 Å². The molecular weight excluding hydrogens is 272 g/mol. The second kappa shape index (κ2) is 7.26. The Morgan fingerprint density at radius 3 is 2.65 bits per heavy atom. The van der Waals surface area contributed by atoms with Crippen LogP contribution in [0, 0.1) is 6.92 Å². The Balaban J connectivity index is 1.82. The molecule has 0 atom stereocenters. The number of aryl methyl sites for hydroxylation is 1. The van der Waals surface area contributed by atoms with Crippen molar-refractivity contribution in [3.8, 4) is 11.5 Å². The minimum atomic E-state index is 0.766. The van der Waals surface area contributed by atoms with Crippen molar-refractivity contribution < 1.29 is 9.47 Å². The number of rotatable bonds is 7. The molecule has 1 N–H and O–H groups in total. The number of methoxy groups -OCH3 is 2. The van der Waals surface area contributed by atoms with Crippen molar-refractivity contribution in [2.24, 2.45) is 0 Å². The highest BCUT2D eigenvalue weighted by molar-refractivity contribution is 7.09. The first-order valence-corrected chi connectivity index (χ1v) is 7.43. The second-order valence-electron chi connectivity index (χ2n) is 4.50. The fourth-order valence-corrected chi connectivity index (χ4v) is 2.69. The Morgan fingerprint density at radius 2 is 2.00 bits per heavy atom. The molecule has 0 aliphatic rings. The molecule has 20 heavy (non-hydrogen) atoms. The van der Waals surface area contributed by atoms with Crippen LogP contribution in [-0.4, -0.2) is 25.7 Å². The third-order valence-corrected chi connectivity index (χ3v) is 3.95. The summed E-state index contributed by atoms with van der Waals surface area (Å²) in [4.78, 5) is 4.42. The van der Waals surface area contributed by atoms with Gasteiger partial charge in [-0.25, -0.2) is 4.98 Å². The van der Waals surface area contributed by atoms with Crippen molar-refractivity contribution in [1.82, 2.24) is 10.3 Å². The zero-order valence-corrected chi connectivity index (χ0v) is 12.9. The molecule has 108 valence electrons. The van der Waals surface area contributed by atoms with Gasteiger partial charge in [-0.05, 0) is 37.6 Å². The van der Waals surface area contributed by atoms with Crippen molar-refractivity contribution in [1.29, 1.82) is 0 Å². The average Bonchev–Trinajstić information content (AvgIpc) is 2.89. The highest BCUT2D eigenvalue weighted by Gasteiger charge is 2.04. The molecule has 0 saturated heterocycles. The summed E-state index contributed by atoms with van der Waals surface area (Å²) in [6.07, 6.45) is 0.949. The van der Waals surface area contributed by atoms with Crippen molar-refractivity contribution in [2.75, 3.05) is 20.8 Å². The van der Waals surface area contributed by atoms with Gasteiger partial charge in [0.15, 0.2) is 11.5 Å². The monoisotopic (exact) mass is 292 g/mol. The highest BCUT2D eigenvalue weighted by atomic mass is 32.1. The van der Waals surface area contributed by atoms with Crippen LogP contribution < -0.4 is 14.8 Å². The van der Waals surface area contributed by atoms with Gasteiger partial charge in [-0.15, -0.1) is 11.3 Å². The fourth-order valence-electron chi connectivity index (χ4n) is 1.95. The number of nitrogens with zero attached hydrogens (tertiary/aromatic N) is 1. The fraction of sp³-hybridized carbons (Fsp3) is 0.400. The summed E-state index contributed by atoms with van der Waals surface area (Å²) in [6, 6.07) is 6.03. The molecule has 1 aromatic carbocycles. The molecule has 0 radical (unpaired) electrons. The van der Waals surface area contributed by atoms with Crippen molar-refractivity contribution in [3.05, 3.63) is 39.8 Å². The number of aromatic nitrogens is 1. The highest BCUT2D eigenvalue weighted by Crippen LogP contribution is 2.27. The largest absolute Gasteiger partial charge is 0.493 e. The van der Waals surface area contributed by atoms with E-state index in [4.69, 9.17) is 9.47 Å². The van der Waals surface area contributed by atoms with E-state index in [2.05, 4.69) is 21.7 Å². The molecule has 1 aromatic heterocycles. The van der Waals surface area contributed by atoms with Crippen LogP contribution in [0.15, 0.2) is 23.6 Å². The van der Waals surface area contributed by atoms with Crippen LogP contribution in [0.4, 0.5) is 0 Å². The Morgan fingerprint density at radius 1 is 1.20 bits per heavy atom. The predicted molar refractivity (Wildman–Crippen MR) is 81.8 cm³/mol. The van der Waals surface area contributed by atoms with Gasteiger partial charge in [0, 0.05) is 17.6 Å². The first-order chi connectivity index (χ1) is 9.72. The summed E-state index contributed by atoms with van der Waals surface area (Å²) in [5.41, 5.74) is 2.32. The van der Waals surface area contributed by atoms with Gasteiger partial charge in [-0.2, -0.15) is 0 Å². The Labute approximate surface area is 123 Å². The van der Waals surface area contributed by atoms with Crippen LogP contribution in [-0.2, 0) is 13.0 Å². The van der Waals surface area contributed by atoms with Crippen LogP contribution in [0.3, 0.4) is 0 Å². The number of benzene rings is 1. The maximum absolute atomic E-state index is 5.30. The zero-order valence-electron chi connectivity index (χ0n) is 12.1. The first kappa shape index (κ1) is 14.8. The van der Waals surface area contributed by atoms with Gasteiger partial charge in [0.2, 0.25) is 0 Å². The van der Waals surface area contributed by atoms with Gasteiger partial charge in [-0.3, -0.25) is 0 Å². The molecule has 0 unspecified atom stereocenters. The third kappa shape index (κ3) is 3.95. The molecule has 0 spiro atoms. The molecule has 0 amide bonds. The van der Waals surface area contributed by atoms with E-state index in [0.29, 0.717) is 0 Å². The number of hydrogen-bond donors (Lipinski definition) is 1. The van der Waals surface area contributed by atoms with Gasteiger partial charge in [-0.1, -0.05) is 6.07 Å². The molecule has 0 saturated carbocycles. The van der Waals surface area contributed by atoms with Crippen LogP contribution in [0.1, 0.15) is 16.3 Å². The van der Waals surface area contributed by atoms with E-state index in [1.165, 1.54) is 5.56 Å². The standard InChI is InChI=1S/C15H20N2O2S/c1-11-10-20-15(17-11)9-16-7-6-12-4-5-13(18-2)14(8-12)19-3/h4-5,8,10,16H,6-7,9H2,1-3H3. The lowest BCUT2D eigenvalue weighted by Crippen LogP contribution is -2.16. The van der Waals surface area contributed by atoms with Crippen molar-refractivity contribution in [2.45, 2.75) is 19.9 Å². The predicted octanol–water partition coefficient (Wildman–Crippen LogP) is 2.80. The van der Waals surface area contributed by atoms with Crippen LogP contribution >= 0.6 is 11.3 Å². The van der Waals surface area contributed by atoms with E-state index >= 15 is 0 Å². The van der Waals surface area contributed by atoms with E-state index in [-0.39, 0.29) is 0 Å². The summed E-state index contributed by atoms with van der Waals surface area (Å²) in [5, 5.41) is 6.61. The van der Waals surface area contributed by atoms with Gasteiger partial charge >= 0.3 is 0 Å². The van der Waals surface area contributed by atoms with Gasteiger partial charge in [0.05, 0.1) is 14.2 Å². The minimum Gasteiger partial charge on any atom is -0.493 e. The molecule has 0 aliphatic carbocycles. The van der Waals surface area contributed by atoms with Crippen LogP contribution in [0.25, 0.3) is 0 Å². The van der Waals surface area contributed by atoms with Gasteiger partial charge < -0.3 is 14.8 Å². The molecule has 0 aliphatic heterocycles. The van der Waals surface area contributed by atoms with E-state index in [1.807, 2.05) is 19.1 Å². The maximum atomic E-state index is 5.30. The number of ether oxygens (including phenoxy) is 2. The number of thiazole rings is 1. The smallest absolute Gasteiger partial charge is 0.160 e. The molecule has 2 aromatic rings. The summed E-state index contributed by atoms with van der Waals surface area (Å²) in [6.45, 7) is 3.75. The Kier molecular flexibility index (Phi) is 5.38. The lowest BCUT2D eigenvalue weighted by atomic mass is 10.1.